The molecule has 2 N–H and O–H groups in total. The summed E-state index contributed by atoms with van der Waals surface area (Å²) in [6.45, 7) is 6.38. The molecule has 1 aliphatic rings. The lowest BCUT2D eigenvalue weighted by molar-refractivity contribution is 0.208. The minimum Gasteiger partial charge on any atom is -0.412 e. The molecule has 76 valence electrons. The zero-order valence-electron chi connectivity index (χ0n) is 8.57. The number of alkyl halides is 1. The number of hydrogen-bond acceptors (Lipinski definition) is 0. The summed E-state index contributed by atoms with van der Waals surface area (Å²) in [5.74, 6) is 0.638. The van der Waals surface area contributed by atoms with Crippen LogP contribution in [0, 0.1) is 5.92 Å². The van der Waals surface area contributed by atoms with Crippen molar-refractivity contribution in [3.8, 4) is 0 Å². The van der Waals surface area contributed by atoms with Gasteiger partial charge in [-0.2, -0.15) is 0 Å². The van der Waals surface area contributed by atoms with Gasteiger partial charge in [0.2, 0.25) is 0 Å². The molecule has 1 aliphatic carbocycles. The van der Waals surface area contributed by atoms with Crippen LogP contribution in [0.3, 0.4) is 0 Å². The molecular weight excluding hydrogens is 155 g/mol. The van der Waals surface area contributed by atoms with Crippen LogP contribution >= 0.6 is 0 Å². The average molecular weight is 178 g/mol. The number of halogens is 1. The van der Waals surface area contributed by atoms with E-state index in [2.05, 4.69) is 20.8 Å². The van der Waals surface area contributed by atoms with Crippen LogP contribution in [0.1, 0.15) is 52.9 Å². The molecule has 0 saturated heterocycles. The van der Waals surface area contributed by atoms with Gasteiger partial charge in [-0.15, -0.1) is 0 Å². The Morgan fingerprint density at radius 3 is 2.00 bits per heavy atom. The molecule has 0 heterocycles. The molecule has 2 atom stereocenters. The zero-order valence-corrected chi connectivity index (χ0v) is 8.57. The van der Waals surface area contributed by atoms with Gasteiger partial charge in [-0.05, 0) is 18.8 Å². The number of rotatable bonds is 0. The summed E-state index contributed by atoms with van der Waals surface area (Å²) in [6.07, 6.45) is 4.71. The van der Waals surface area contributed by atoms with Gasteiger partial charge in [0, 0.05) is 0 Å². The van der Waals surface area contributed by atoms with Crippen molar-refractivity contribution in [3.63, 3.8) is 0 Å². The van der Waals surface area contributed by atoms with Crippen LogP contribution in [0.2, 0.25) is 0 Å². The van der Waals surface area contributed by atoms with Gasteiger partial charge in [0.25, 0.3) is 0 Å². The lowest BCUT2D eigenvalue weighted by Gasteiger charge is -2.20. The molecule has 1 fully saturated rings. The van der Waals surface area contributed by atoms with E-state index in [1.54, 1.807) is 0 Å². The van der Waals surface area contributed by atoms with E-state index in [0.717, 1.165) is 19.3 Å². The summed E-state index contributed by atoms with van der Waals surface area (Å²) in [7, 11) is 0. The fourth-order valence-corrected chi connectivity index (χ4v) is 1.36. The highest BCUT2D eigenvalue weighted by atomic mass is 19.1. The SMILES string of the molecule is CC1CCCC(F)C1.CCC.O. The Morgan fingerprint density at radius 2 is 1.75 bits per heavy atom. The van der Waals surface area contributed by atoms with E-state index in [1.165, 1.54) is 12.8 Å². The lowest BCUT2D eigenvalue weighted by atomic mass is 9.90. The molecule has 0 spiro atoms. The van der Waals surface area contributed by atoms with Gasteiger partial charge in [-0.25, -0.2) is 4.39 Å². The van der Waals surface area contributed by atoms with Crippen LogP contribution in [0.5, 0.6) is 0 Å². The van der Waals surface area contributed by atoms with E-state index in [-0.39, 0.29) is 5.48 Å². The van der Waals surface area contributed by atoms with Crippen molar-refractivity contribution in [2.45, 2.75) is 59.0 Å². The van der Waals surface area contributed by atoms with Crippen LogP contribution in [-0.4, -0.2) is 11.6 Å². The number of hydrogen-bond donors (Lipinski definition) is 0. The topological polar surface area (TPSA) is 31.5 Å². The first-order valence-corrected chi connectivity index (χ1v) is 4.84. The highest BCUT2D eigenvalue weighted by Crippen LogP contribution is 2.25. The van der Waals surface area contributed by atoms with E-state index in [1.807, 2.05) is 0 Å². The van der Waals surface area contributed by atoms with Crippen LogP contribution in [0.4, 0.5) is 4.39 Å². The van der Waals surface area contributed by atoms with Crippen LogP contribution in [0.15, 0.2) is 0 Å². The van der Waals surface area contributed by atoms with Gasteiger partial charge in [0.1, 0.15) is 6.17 Å². The van der Waals surface area contributed by atoms with Crippen molar-refractivity contribution >= 4 is 0 Å². The van der Waals surface area contributed by atoms with Crippen LogP contribution < -0.4 is 0 Å². The Hall–Kier alpha value is -0.110. The largest absolute Gasteiger partial charge is 0.412 e. The van der Waals surface area contributed by atoms with E-state index < -0.39 is 6.17 Å². The summed E-state index contributed by atoms with van der Waals surface area (Å²) in [5, 5.41) is 0. The fourth-order valence-electron chi connectivity index (χ4n) is 1.36. The molecule has 0 bridgehead atoms. The third-order valence-electron chi connectivity index (χ3n) is 1.87. The highest BCUT2D eigenvalue weighted by Gasteiger charge is 2.16. The van der Waals surface area contributed by atoms with Crippen molar-refractivity contribution < 1.29 is 9.87 Å². The van der Waals surface area contributed by atoms with Crippen molar-refractivity contribution in [1.82, 2.24) is 0 Å². The monoisotopic (exact) mass is 178 g/mol. The molecule has 0 aliphatic heterocycles. The van der Waals surface area contributed by atoms with E-state index in [9.17, 15) is 4.39 Å². The maximum absolute atomic E-state index is 12.4. The fraction of sp³-hybridized carbons (Fsp3) is 1.00. The molecule has 2 unspecified atom stereocenters. The van der Waals surface area contributed by atoms with Crippen molar-refractivity contribution in [3.05, 3.63) is 0 Å². The minimum absolute atomic E-state index is 0. The first kappa shape index (κ1) is 14.4. The van der Waals surface area contributed by atoms with Gasteiger partial charge in [0.05, 0.1) is 0 Å². The second-order valence-electron chi connectivity index (χ2n) is 3.58. The molecular formula is C10H23FO. The molecule has 0 aromatic heterocycles. The molecule has 1 nitrogen and oxygen atoms in total. The first-order chi connectivity index (χ1) is 5.20. The molecule has 0 aromatic rings. The molecule has 2 heteroatoms. The molecule has 0 aromatic carbocycles. The van der Waals surface area contributed by atoms with Crippen LogP contribution in [0.25, 0.3) is 0 Å². The second-order valence-corrected chi connectivity index (χ2v) is 3.58. The quantitative estimate of drug-likeness (QED) is 0.546. The summed E-state index contributed by atoms with van der Waals surface area (Å²) in [5.41, 5.74) is 0. The zero-order chi connectivity index (χ0) is 8.69. The third kappa shape index (κ3) is 7.99. The average Bonchev–Trinajstić information content (AvgIpc) is 1.88. The minimum atomic E-state index is -0.487. The summed E-state index contributed by atoms with van der Waals surface area (Å²) in [6, 6.07) is 0. The maximum Gasteiger partial charge on any atom is 0.100 e. The normalized spacial score (nSPS) is 28.0. The predicted octanol–water partition coefficient (Wildman–Crippen LogP) is 3.13. The van der Waals surface area contributed by atoms with Crippen molar-refractivity contribution in [2.75, 3.05) is 0 Å². The van der Waals surface area contributed by atoms with Gasteiger partial charge < -0.3 is 5.48 Å². The Balaban J connectivity index is 0. The van der Waals surface area contributed by atoms with E-state index >= 15 is 0 Å². The second kappa shape index (κ2) is 8.98. The van der Waals surface area contributed by atoms with Gasteiger partial charge >= 0.3 is 0 Å². The van der Waals surface area contributed by atoms with E-state index in [0.29, 0.717) is 5.92 Å². The first-order valence-electron chi connectivity index (χ1n) is 4.84. The molecule has 1 rings (SSSR count). The van der Waals surface area contributed by atoms with Gasteiger partial charge in [-0.3, -0.25) is 0 Å². The Labute approximate surface area is 75.7 Å². The Kier molecular flexibility index (Phi) is 10.8. The van der Waals surface area contributed by atoms with Crippen molar-refractivity contribution in [1.29, 1.82) is 0 Å². The Bertz CT molecular complexity index is 77.9. The molecule has 1 saturated carbocycles. The maximum atomic E-state index is 12.4. The molecule has 0 radical (unpaired) electrons. The van der Waals surface area contributed by atoms with Gasteiger partial charge in [-0.1, -0.05) is 40.0 Å². The van der Waals surface area contributed by atoms with Gasteiger partial charge in [0.15, 0.2) is 0 Å². The van der Waals surface area contributed by atoms with Crippen molar-refractivity contribution in [2.24, 2.45) is 5.92 Å². The molecule has 12 heavy (non-hydrogen) atoms. The third-order valence-corrected chi connectivity index (χ3v) is 1.87. The van der Waals surface area contributed by atoms with Crippen LogP contribution in [-0.2, 0) is 0 Å². The smallest absolute Gasteiger partial charge is 0.100 e. The summed E-state index contributed by atoms with van der Waals surface area (Å²) < 4.78 is 12.4. The Morgan fingerprint density at radius 1 is 1.25 bits per heavy atom. The van der Waals surface area contributed by atoms with E-state index in [4.69, 9.17) is 0 Å². The standard InChI is InChI=1S/C7H13F.C3H8.H2O/c1-6-3-2-4-7(8)5-6;1-3-2;/h6-7H,2-5H2,1H3;3H2,1-2H3;1H2. The summed E-state index contributed by atoms with van der Waals surface area (Å²) >= 11 is 0. The summed E-state index contributed by atoms with van der Waals surface area (Å²) in [4.78, 5) is 0. The molecule has 0 amide bonds. The lowest BCUT2D eigenvalue weighted by Crippen LogP contribution is -2.12. The predicted molar refractivity (Wildman–Crippen MR) is 52.1 cm³/mol. The highest BCUT2D eigenvalue weighted by molar-refractivity contribution is 4.68.